The quantitative estimate of drug-likeness (QED) is 0.349. The van der Waals surface area contributed by atoms with Gasteiger partial charge in [0.2, 0.25) is 0 Å². The Bertz CT molecular complexity index is 1570. The van der Waals surface area contributed by atoms with Crippen LogP contribution in [0.1, 0.15) is 25.7 Å². The van der Waals surface area contributed by atoms with E-state index in [4.69, 9.17) is 15.5 Å². The number of fused-ring (bicyclic) bond motifs is 4. The third-order valence-corrected chi connectivity index (χ3v) is 9.20. The smallest absolute Gasteiger partial charge is 0.319 e. The Balaban J connectivity index is 1.36. The summed E-state index contributed by atoms with van der Waals surface area (Å²) in [5.41, 5.74) is 7.29. The van der Waals surface area contributed by atoms with Crippen LogP contribution in [0, 0.1) is 17.0 Å². The van der Waals surface area contributed by atoms with Gasteiger partial charge in [-0.2, -0.15) is 9.97 Å². The minimum atomic E-state index is -0.502. The van der Waals surface area contributed by atoms with Crippen LogP contribution in [0.3, 0.4) is 0 Å². The van der Waals surface area contributed by atoms with Crippen molar-refractivity contribution in [1.29, 1.82) is 0 Å². The van der Waals surface area contributed by atoms with E-state index in [0.717, 1.165) is 56.7 Å². The predicted octanol–water partition coefficient (Wildman–Crippen LogP) is 4.43. The number of piperazine rings is 1. The molecule has 2 saturated heterocycles. The van der Waals surface area contributed by atoms with E-state index in [2.05, 4.69) is 39.2 Å². The van der Waals surface area contributed by atoms with Crippen molar-refractivity contribution in [2.24, 2.45) is 5.41 Å². The Morgan fingerprint density at radius 2 is 1.79 bits per heavy atom. The Hall–Kier alpha value is -3.15. The minimum absolute atomic E-state index is 0.0840. The third kappa shape index (κ3) is 4.27. The summed E-state index contributed by atoms with van der Waals surface area (Å²) in [6.07, 6.45) is 4.29. The van der Waals surface area contributed by atoms with Crippen molar-refractivity contribution in [3.63, 3.8) is 0 Å². The zero-order valence-corrected chi connectivity index (χ0v) is 22.8. The van der Waals surface area contributed by atoms with E-state index in [1.54, 1.807) is 12.1 Å². The molecule has 3 N–H and O–H groups in total. The first kappa shape index (κ1) is 24.9. The van der Waals surface area contributed by atoms with Gasteiger partial charge < -0.3 is 25.6 Å². The molecule has 204 valence electrons. The maximum Gasteiger partial charge on any atom is 0.319 e. The zero-order valence-electron chi connectivity index (χ0n) is 22.0. The summed E-state index contributed by atoms with van der Waals surface area (Å²) in [6.45, 7) is 3.14. The first-order chi connectivity index (χ1) is 18.8. The molecule has 8 nitrogen and oxygen atoms in total. The highest BCUT2D eigenvalue weighted by Gasteiger charge is 2.44. The standard InChI is InChI=1S/C28H31F2N7OS/c1-36(2)13-28(9-10-28)14-38-27-34-22-19(25(35-27)37-15-3-4-16(37)12-32-11-15)6-5-17(21(22)30)18-7-8-20(29)24-23(18)33-26(31)39-24/h5-8,15-16,32H,3-4,9-14H2,1-2H3,(H2,31,33)/t15-,16+. The number of nitrogens with one attached hydrogen (secondary N) is 1. The fraction of sp³-hybridized carbons (Fsp3) is 0.464. The minimum Gasteiger partial charge on any atom is -0.463 e. The van der Waals surface area contributed by atoms with Gasteiger partial charge in [-0.1, -0.05) is 17.4 Å². The topological polar surface area (TPSA) is 92.4 Å². The maximum atomic E-state index is 16.5. The van der Waals surface area contributed by atoms with E-state index in [-0.39, 0.29) is 34.2 Å². The van der Waals surface area contributed by atoms with Gasteiger partial charge in [0.25, 0.3) is 0 Å². The molecular weight excluding hydrogens is 520 g/mol. The number of hydrogen-bond acceptors (Lipinski definition) is 9. The lowest BCUT2D eigenvalue weighted by Gasteiger charge is -2.37. The lowest BCUT2D eigenvalue weighted by Crippen LogP contribution is -2.52. The first-order valence-electron chi connectivity index (χ1n) is 13.4. The van der Waals surface area contributed by atoms with Crippen LogP contribution in [0.4, 0.5) is 19.7 Å². The van der Waals surface area contributed by atoms with E-state index >= 15 is 4.39 Å². The number of nitrogens with zero attached hydrogens (tertiary/aromatic N) is 5. The molecule has 2 aromatic carbocycles. The fourth-order valence-corrected chi connectivity index (χ4v) is 7.11. The molecule has 1 saturated carbocycles. The molecule has 39 heavy (non-hydrogen) atoms. The summed E-state index contributed by atoms with van der Waals surface area (Å²) >= 11 is 1.05. The molecule has 0 amide bonds. The molecule has 2 bridgehead atoms. The molecule has 2 aromatic heterocycles. The van der Waals surface area contributed by atoms with E-state index in [9.17, 15) is 4.39 Å². The Morgan fingerprint density at radius 1 is 1.05 bits per heavy atom. The normalized spacial score (nSPS) is 21.8. The van der Waals surface area contributed by atoms with Crippen LogP contribution < -0.4 is 20.7 Å². The van der Waals surface area contributed by atoms with Gasteiger partial charge in [-0.15, -0.1) is 0 Å². The van der Waals surface area contributed by atoms with Gasteiger partial charge in [-0.3, -0.25) is 0 Å². The number of aromatic nitrogens is 3. The summed E-state index contributed by atoms with van der Waals surface area (Å²) < 4.78 is 37.5. The van der Waals surface area contributed by atoms with Crippen molar-refractivity contribution in [2.75, 3.05) is 51.0 Å². The largest absolute Gasteiger partial charge is 0.463 e. The highest BCUT2D eigenvalue weighted by molar-refractivity contribution is 7.22. The lowest BCUT2D eigenvalue weighted by molar-refractivity contribution is 0.183. The van der Waals surface area contributed by atoms with Crippen molar-refractivity contribution in [2.45, 2.75) is 37.8 Å². The molecule has 0 spiro atoms. The predicted molar refractivity (Wildman–Crippen MR) is 150 cm³/mol. The van der Waals surface area contributed by atoms with Crippen LogP contribution in [0.25, 0.3) is 32.2 Å². The van der Waals surface area contributed by atoms with Crippen LogP contribution in [-0.4, -0.2) is 72.3 Å². The average molecular weight is 552 g/mol. The number of nitrogen functional groups attached to an aromatic ring is 1. The number of halogens is 2. The molecule has 4 heterocycles. The fourth-order valence-electron chi connectivity index (χ4n) is 6.34. The molecule has 3 fully saturated rings. The van der Waals surface area contributed by atoms with Gasteiger partial charge in [-0.05, 0) is 58.0 Å². The number of hydrogen-bond donors (Lipinski definition) is 2. The van der Waals surface area contributed by atoms with Crippen molar-refractivity contribution in [3.8, 4) is 17.1 Å². The van der Waals surface area contributed by atoms with E-state index in [0.29, 0.717) is 39.2 Å². The van der Waals surface area contributed by atoms with Crippen LogP contribution >= 0.6 is 11.3 Å². The summed E-state index contributed by atoms with van der Waals surface area (Å²) in [4.78, 5) is 18.3. The number of nitrogens with two attached hydrogens (primary N) is 1. The summed E-state index contributed by atoms with van der Waals surface area (Å²) in [5.74, 6) is -0.211. The van der Waals surface area contributed by atoms with E-state index < -0.39 is 11.6 Å². The second-order valence-corrected chi connectivity index (χ2v) is 12.5. The summed E-state index contributed by atoms with van der Waals surface area (Å²) in [7, 11) is 4.12. The number of benzene rings is 2. The van der Waals surface area contributed by atoms with Gasteiger partial charge >= 0.3 is 6.01 Å². The number of ether oxygens (including phenoxy) is 1. The molecule has 0 radical (unpaired) electrons. The molecule has 0 unspecified atom stereocenters. The summed E-state index contributed by atoms with van der Waals surface area (Å²) in [6, 6.07) is 7.23. The van der Waals surface area contributed by atoms with E-state index in [1.807, 2.05) is 6.07 Å². The van der Waals surface area contributed by atoms with Crippen molar-refractivity contribution in [1.82, 2.24) is 25.2 Å². The molecule has 11 heteroatoms. The molecule has 1 aliphatic carbocycles. The Labute approximate surface area is 229 Å². The average Bonchev–Trinajstić information content (AvgIpc) is 3.47. The monoisotopic (exact) mass is 551 g/mol. The molecule has 2 aliphatic heterocycles. The van der Waals surface area contributed by atoms with Crippen molar-refractivity contribution >= 4 is 43.4 Å². The highest BCUT2D eigenvalue weighted by atomic mass is 32.1. The van der Waals surface area contributed by atoms with Gasteiger partial charge in [0, 0.05) is 53.6 Å². The van der Waals surface area contributed by atoms with Crippen molar-refractivity contribution in [3.05, 3.63) is 35.9 Å². The van der Waals surface area contributed by atoms with Gasteiger partial charge in [0.15, 0.2) is 10.9 Å². The molecule has 3 aliphatic rings. The van der Waals surface area contributed by atoms with Crippen molar-refractivity contribution < 1.29 is 13.5 Å². The van der Waals surface area contributed by atoms with Crippen LogP contribution in [-0.2, 0) is 0 Å². The number of rotatable bonds is 7. The molecule has 7 rings (SSSR count). The van der Waals surface area contributed by atoms with Gasteiger partial charge in [0.1, 0.15) is 17.2 Å². The Morgan fingerprint density at radius 3 is 2.51 bits per heavy atom. The summed E-state index contributed by atoms with van der Waals surface area (Å²) in [5, 5.41) is 4.39. The molecule has 2 atom stereocenters. The number of thiazole rings is 1. The lowest BCUT2D eigenvalue weighted by atomic mass is 10.0. The van der Waals surface area contributed by atoms with Crippen LogP contribution in [0.2, 0.25) is 0 Å². The second kappa shape index (κ2) is 9.21. The van der Waals surface area contributed by atoms with E-state index in [1.165, 1.54) is 6.07 Å². The second-order valence-electron chi connectivity index (χ2n) is 11.5. The van der Waals surface area contributed by atoms with Gasteiger partial charge in [-0.25, -0.2) is 13.8 Å². The third-order valence-electron chi connectivity index (χ3n) is 8.31. The number of anilines is 2. The molecule has 4 aromatic rings. The Kier molecular flexibility index (Phi) is 5.87. The SMILES string of the molecule is CN(C)CC1(COc2nc(N3[C@@H]4CC[C@H]3CNC4)c3ccc(-c4ccc(F)c5sc(N)nc45)c(F)c3n2)CC1. The molecular formula is C28H31F2N7OS. The van der Waals surface area contributed by atoms with Crippen LogP contribution in [0.5, 0.6) is 6.01 Å². The highest BCUT2D eigenvalue weighted by Crippen LogP contribution is 2.46. The zero-order chi connectivity index (χ0) is 26.9. The maximum absolute atomic E-state index is 16.5. The first-order valence-corrected chi connectivity index (χ1v) is 14.3. The van der Waals surface area contributed by atoms with Gasteiger partial charge in [0.05, 0.1) is 16.8 Å². The van der Waals surface area contributed by atoms with Crippen LogP contribution in [0.15, 0.2) is 24.3 Å².